The molecule has 1 aromatic carbocycles. The van der Waals surface area contributed by atoms with E-state index in [-0.39, 0.29) is 0 Å². The number of thioether (sulfide) groups is 1. The summed E-state index contributed by atoms with van der Waals surface area (Å²) in [4.78, 5) is 4.40. The van der Waals surface area contributed by atoms with Gasteiger partial charge in [0.25, 0.3) is 0 Å². The van der Waals surface area contributed by atoms with E-state index in [0.29, 0.717) is 5.69 Å². The van der Waals surface area contributed by atoms with Crippen LogP contribution in [0.25, 0.3) is 11.1 Å². The molecule has 2 aromatic rings. The molecule has 0 amide bonds. The third-order valence-corrected chi connectivity index (χ3v) is 3.39. The molecule has 3 nitrogen and oxygen atoms in total. The smallest absolute Gasteiger partial charge is 0.205 e. The lowest BCUT2D eigenvalue weighted by Crippen LogP contribution is -1.86. The third-order valence-electron chi connectivity index (χ3n) is 2.36. The maximum absolute atomic E-state index is 5.82. The Morgan fingerprint density at radius 1 is 1.44 bits per heavy atom. The SMILES string of the molecule is CCCCSCc1nc2c(N)cccc2o1. The second-order valence-corrected chi connectivity index (χ2v) is 4.81. The van der Waals surface area contributed by atoms with Crippen LogP contribution in [0.15, 0.2) is 22.6 Å². The van der Waals surface area contributed by atoms with E-state index in [1.807, 2.05) is 30.0 Å². The van der Waals surface area contributed by atoms with Gasteiger partial charge in [-0.3, -0.25) is 0 Å². The fourth-order valence-corrected chi connectivity index (χ4v) is 2.42. The Balaban J connectivity index is 2.05. The molecule has 0 aliphatic rings. The van der Waals surface area contributed by atoms with Crippen molar-refractivity contribution >= 4 is 28.5 Å². The molecule has 0 fully saturated rings. The van der Waals surface area contributed by atoms with Crippen molar-refractivity contribution in [3.63, 3.8) is 0 Å². The van der Waals surface area contributed by atoms with Gasteiger partial charge in [0.15, 0.2) is 5.58 Å². The molecule has 0 unspecified atom stereocenters. The Bertz CT molecular complexity index is 467. The van der Waals surface area contributed by atoms with Gasteiger partial charge in [0.1, 0.15) is 5.52 Å². The van der Waals surface area contributed by atoms with Gasteiger partial charge in [-0.2, -0.15) is 11.8 Å². The number of anilines is 1. The second kappa shape index (κ2) is 5.25. The molecule has 0 aliphatic heterocycles. The zero-order valence-electron chi connectivity index (χ0n) is 9.40. The molecule has 0 atom stereocenters. The molecular formula is C12H16N2OS. The summed E-state index contributed by atoms with van der Waals surface area (Å²) in [6.07, 6.45) is 2.47. The fraction of sp³-hybridized carbons (Fsp3) is 0.417. The molecule has 0 saturated heterocycles. The number of fused-ring (bicyclic) bond motifs is 1. The number of nitrogen functional groups attached to an aromatic ring is 1. The average Bonchev–Trinajstić information content (AvgIpc) is 2.69. The van der Waals surface area contributed by atoms with Crippen LogP contribution in [0.2, 0.25) is 0 Å². The highest BCUT2D eigenvalue weighted by Crippen LogP contribution is 2.23. The first-order valence-electron chi connectivity index (χ1n) is 5.53. The van der Waals surface area contributed by atoms with Crippen LogP contribution in [0.5, 0.6) is 0 Å². The number of hydrogen-bond donors (Lipinski definition) is 1. The average molecular weight is 236 g/mol. The maximum Gasteiger partial charge on any atom is 0.205 e. The van der Waals surface area contributed by atoms with Crippen LogP contribution in [0.1, 0.15) is 25.7 Å². The molecule has 2 rings (SSSR count). The molecule has 4 heteroatoms. The highest BCUT2D eigenvalue weighted by Gasteiger charge is 2.07. The van der Waals surface area contributed by atoms with Gasteiger partial charge in [0.2, 0.25) is 5.89 Å². The van der Waals surface area contributed by atoms with Crippen molar-refractivity contribution in [2.24, 2.45) is 0 Å². The van der Waals surface area contributed by atoms with Crippen molar-refractivity contribution in [2.45, 2.75) is 25.5 Å². The minimum atomic E-state index is 0.686. The van der Waals surface area contributed by atoms with Crippen LogP contribution in [-0.2, 0) is 5.75 Å². The number of unbranched alkanes of at least 4 members (excludes halogenated alkanes) is 1. The number of nitrogens with two attached hydrogens (primary N) is 1. The lowest BCUT2D eigenvalue weighted by atomic mass is 10.3. The second-order valence-electron chi connectivity index (χ2n) is 3.71. The standard InChI is InChI=1S/C12H16N2OS/c1-2-3-7-16-8-11-14-12-9(13)5-4-6-10(12)15-11/h4-6H,2-3,7-8,13H2,1H3. The summed E-state index contributed by atoms with van der Waals surface area (Å²) in [5.41, 5.74) is 8.07. The first kappa shape index (κ1) is 11.3. The van der Waals surface area contributed by atoms with Crippen molar-refractivity contribution in [3.8, 4) is 0 Å². The zero-order chi connectivity index (χ0) is 11.4. The quantitative estimate of drug-likeness (QED) is 0.638. The Labute approximate surface area is 99.4 Å². The number of rotatable bonds is 5. The topological polar surface area (TPSA) is 52.0 Å². The monoisotopic (exact) mass is 236 g/mol. The van der Waals surface area contributed by atoms with Crippen molar-refractivity contribution in [2.75, 3.05) is 11.5 Å². The number of oxazole rings is 1. The van der Waals surface area contributed by atoms with E-state index in [0.717, 1.165) is 28.5 Å². The molecule has 0 bridgehead atoms. The first-order chi connectivity index (χ1) is 7.81. The van der Waals surface area contributed by atoms with Gasteiger partial charge in [0.05, 0.1) is 11.4 Å². The largest absolute Gasteiger partial charge is 0.440 e. The van der Waals surface area contributed by atoms with Crippen LogP contribution < -0.4 is 5.73 Å². The molecule has 0 saturated carbocycles. The van der Waals surface area contributed by atoms with E-state index in [1.165, 1.54) is 12.8 Å². The van der Waals surface area contributed by atoms with E-state index in [2.05, 4.69) is 11.9 Å². The van der Waals surface area contributed by atoms with Gasteiger partial charge in [-0.1, -0.05) is 19.4 Å². The van der Waals surface area contributed by atoms with E-state index in [1.54, 1.807) is 0 Å². The van der Waals surface area contributed by atoms with E-state index < -0.39 is 0 Å². The van der Waals surface area contributed by atoms with Crippen LogP contribution >= 0.6 is 11.8 Å². The number of benzene rings is 1. The third kappa shape index (κ3) is 2.50. The van der Waals surface area contributed by atoms with Gasteiger partial charge in [-0.15, -0.1) is 0 Å². The summed E-state index contributed by atoms with van der Waals surface area (Å²) in [7, 11) is 0. The number of para-hydroxylation sites is 1. The summed E-state index contributed by atoms with van der Waals surface area (Å²) in [5.74, 6) is 2.76. The molecule has 16 heavy (non-hydrogen) atoms. The van der Waals surface area contributed by atoms with Crippen molar-refractivity contribution in [1.29, 1.82) is 0 Å². The summed E-state index contributed by atoms with van der Waals surface area (Å²) >= 11 is 1.85. The molecular weight excluding hydrogens is 220 g/mol. The summed E-state index contributed by atoms with van der Waals surface area (Å²) in [6.45, 7) is 2.20. The maximum atomic E-state index is 5.82. The van der Waals surface area contributed by atoms with E-state index in [4.69, 9.17) is 10.2 Å². The number of aromatic nitrogens is 1. The van der Waals surface area contributed by atoms with Crippen molar-refractivity contribution in [3.05, 3.63) is 24.1 Å². The fourth-order valence-electron chi connectivity index (χ4n) is 1.48. The van der Waals surface area contributed by atoms with Gasteiger partial charge >= 0.3 is 0 Å². The lowest BCUT2D eigenvalue weighted by molar-refractivity contribution is 0.556. The Kier molecular flexibility index (Phi) is 3.72. The van der Waals surface area contributed by atoms with Crippen LogP contribution in [0, 0.1) is 0 Å². The molecule has 1 aromatic heterocycles. The lowest BCUT2D eigenvalue weighted by Gasteiger charge is -1.95. The first-order valence-corrected chi connectivity index (χ1v) is 6.68. The molecule has 2 N–H and O–H groups in total. The zero-order valence-corrected chi connectivity index (χ0v) is 10.2. The molecule has 86 valence electrons. The Morgan fingerprint density at radius 2 is 2.31 bits per heavy atom. The predicted molar refractivity (Wildman–Crippen MR) is 69.5 cm³/mol. The number of hydrogen-bond acceptors (Lipinski definition) is 4. The number of nitrogens with zero attached hydrogens (tertiary/aromatic N) is 1. The molecule has 0 radical (unpaired) electrons. The van der Waals surface area contributed by atoms with Gasteiger partial charge in [-0.05, 0) is 24.3 Å². The summed E-state index contributed by atoms with van der Waals surface area (Å²) in [6, 6.07) is 5.63. The van der Waals surface area contributed by atoms with Gasteiger partial charge in [-0.25, -0.2) is 4.98 Å². The van der Waals surface area contributed by atoms with Crippen molar-refractivity contribution in [1.82, 2.24) is 4.98 Å². The van der Waals surface area contributed by atoms with E-state index in [9.17, 15) is 0 Å². The highest BCUT2D eigenvalue weighted by molar-refractivity contribution is 7.98. The summed E-state index contributed by atoms with van der Waals surface area (Å²) < 4.78 is 5.62. The van der Waals surface area contributed by atoms with Crippen molar-refractivity contribution < 1.29 is 4.42 Å². The minimum absolute atomic E-state index is 0.686. The van der Waals surface area contributed by atoms with Crippen LogP contribution in [0.3, 0.4) is 0 Å². The predicted octanol–water partition coefficient (Wildman–Crippen LogP) is 3.44. The highest BCUT2D eigenvalue weighted by atomic mass is 32.2. The minimum Gasteiger partial charge on any atom is -0.440 e. The normalized spacial score (nSPS) is 11.1. The van der Waals surface area contributed by atoms with Gasteiger partial charge in [0, 0.05) is 0 Å². The van der Waals surface area contributed by atoms with Crippen LogP contribution in [0.4, 0.5) is 5.69 Å². The summed E-state index contributed by atoms with van der Waals surface area (Å²) in [5, 5.41) is 0. The molecule has 1 heterocycles. The Morgan fingerprint density at radius 3 is 3.06 bits per heavy atom. The molecule has 0 spiro atoms. The molecule has 0 aliphatic carbocycles. The van der Waals surface area contributed by atoms with E-state index >= 15 is 0 Å². The van der Waals surface area contributed by atoms with Gasteiger partial charge < -0.3 is 10.2 Å². The van der Waals surface area contributed by atoms with Crippen LogP contribution in [-0.4, -0.2) is 10.7 Å². The Hall–Kier alpha value is -1.16.